The molecule has 5 rings (SSSR count). The monoisotopic (exact) mass is 774 g/mol. The summed E-state index contributed by atoms with van der Waals surface area (Å²) in [7, 11) is 0. The van der Waals surface area contributed by atoms with E-state index >= 15 is 0 Å². The third kappa shape index (κ3) is 6.44. The summed E-state index contributed by atoms with van der Waals surface area (Å²) in [5, 5.41) is 0. The molecule has 42 heavy (non-hydrogen) atoms. The van der Waals surface area contributed by atoms with Crippen molar-refractivity contribution >= 4 is 0 Å². The van der Waals surface area contributed by atoms with E-state index in [-0.39, 0.29) is 47.1 Å². The third-order valence-electron chi connectivity index (χ3n) is 11.9. The maximum Gasteiger partial charge on any atom is 1.00 e. The number of hydrogen-bond acceptors (Lipinski definition) is 2. The molecule has 4 aliphatic rings. The van der Waals surface area contributed by atoms with Gasteiger partial charge in [-0.3, -0.25) is 8.78 Å². The van der Waals surface area contributed by atoms with E-state index in [1.165, 1.54) is 63.0 Å². The molecule has 0 heterocycles. The van der Waals surface area contributed by atoms with Crippen LogP contribution in [-0.4, -0.2) is 19.3 Å². The van der Waals surface area contributed by atoms with Gasteiger partial charge in [0.05, 0.1) is 41.7 Å². The van der Waals surface area contributed by atoms with Crippen molar-refractivity contribution in [2.75, 3.05) is 13.2 Å². The predicted octanol–water partition coefficient (Wildman–Crippen LogP) is 9.85. The van der Waals surface area contributed by atoms with E-state index in [0.717, 1.165) is 54.8 Å². The number of hydrogen-bond donors (Lipinski definition) is 0. The molecule has 3 fully saturated rings. The average Bonchev–Trinajstić information content (AvgIpc) is 3.28. The minimum absolute atomic E-state index is 0. The molecule has 1 aromatic carbocycles. The molecule has 7 heteroatoms. The number of fused-ring (bicyclic) bond motifs is 5. The summed E-state index contributed by atoms with van der Waals surface area (Å²) in [5.41, 5.74) is 2.20. The molecule has 3 saturated carbocycles. The van der Waals surface area contributed by atoms with Gasteiger partial charge in [0.25, 0.3) is 0 Å². The van der Waals surface area contributed by atoms with Crippen LogP contribution in [0.15, 0.2) is 11.6 Å². The van der Waals surface area contributed by atoms with Gasteiger partial charge < -0.3 is 9.47 Å². The summed E-state index contributed by atoms with van der Waals surface area (Å²) >= 11 is 0. The fraction of sp³-hybridized carbons (Fsp3) is 0.771. The zero-order chi connectivity index (χ0) is 29.5. The predicted molar refractivity (Wildman–Crippen MR) is 153 cm³/mol. The van der Waals surface area contributed by atoms with Gasteiger partial charge in [-0.15, -0.1) is 6.07 Å². The van der Waals surface area contributed by atoms with Crippen LogP contribution < -0.4 is 4.74 Å². The molecule has 240 valence electrons. The molecular formula is C35H49AuF4O2. The Hall–Kier alpha value is -0.820. The van der Waals surface area contributed by atoms with E-state index in [0.29, 0.717) is 5.41 Å². The summed E-state index contributed by atoms with van der Waals surface area (Å²) in [5.74, 6) is -2.60. The van der Waals surface area contributed by atoms with Crippen molar-refractivity contribution in [1.29, 1.82) is 0 Å². The van der Waals surface area contributed by atoms with Crippen LogP contribution in [0, 0.1) is 75.7 Å². The largest absolute Gasteiger partial charge is 1.00 e. The number of rotatable bonds is 10. The van der Waals surface area contributed by atoms with Crippen molar-refractivity contribution in [3.8, 4) is 5.75 Å². The Balaban J connectivity index is 0.00000405. The van der Waals surface area contributed by atoms with Crippen molar-refractivity contribution in [3.63, 3.8) is 0 Å². The van der Waals surface area contributed by atoms with Crippen LogP contribution in [0.1, 0.15) is 105 Å². The molecule has 0 N–H and O–H groups in total. The maximum absolute atomic E-state index is 13.8. The first-order valence-electron chi connectivity index (χ1n) is 16.1. The van der Waals surface area contributed by atoms with Gasteiger partial charge in [0.2, 0.25) is 0 Å². The molecular weight excluding hydrogens is 725 g/mol. The van der Waals surface area contributed by atoms with Crippen molar-refractivity contribution < 1.29 is 49.4 Å². The average molecular weight is 775 g/mol. The van der Waals surface area contributed by atoms with Crippen molar-refractivity contribution in [2.24, 2.45) is 46.3 Å². The van der Waals surface area contributed by atoms with Crippen LogP contribution in [0.5, 0.6) is 5.75 Å². The molecule has 0 aromatic heterocycles. The van der Waals surface area contributed by atoms with Gasteiger partial charge in [-0.2, -0.15) is 0 Å². The third-order valence-corrected chi connectivity index (χ3v) is 11.9. The molecule has 0 bridgehead atoms. The maximum atomic E-state index is 13.8. The van der Waals surface area contributed by atoms with Gasteiger partial charge in [-0.25, -0.2) is 8.78 Å². The van der Waals surface area contributed by atoms with Crippen LogP contribution in [0.2, 0.25) is 0 Å². The fourth-order valence-corrected chi connectivity index (χ4v) is 9.78. The number of ether oxygens (including phenoxy) is 2. The van der Waals surface area contributed by atoms with Gasteiger partial charge in [0.15, 0.2) is 0 Å². The zero-order valence-corrected chi connectivity index (χ0v) is 28.1. The van der Waals surface area contributed by atoms with Crippen LogP contribution in [0.4, 0.5) is 17.6 Å². The second-order valence-corrected chi connectivity index (χ2v) is 14.6. The first-order chi connectivity index (χ1) is 19.5. The minimum atomic E-state index is -1.60. The molecule has 2 nitrogen and oxygen atoms in total. The molecule has 1 aromatic rings. The minimum Gasteiger partial charge on any atom is -0.511 e. The molecule has 4 aliphatic carbocycles. The molecule has 0 aliphatic heterocycles. The van der Waals surface area contributed by atoms with E-state index < -0.39 is 29.0 Å². The Labute approximate surface area is 266 Å². The Kier molecular flexibility index (Phi) is 11.1. The van der Waals surface area contributed by atoms with E-state index in [9.17, 15) is 17.6 Å². The Bertz CT molecular complexity index is 1100. The SMILES string of the molecule is CC(C)CCC[C@@H](C)[C@H]1CC[C@H]2[C@@H]3CC=C4CC(OCCOc5c(F)c(F)[c-]c(F)c5F)CC[C@]4(C)[C@H]3CC[C@]12C.[Au+]. The number of halogens is 4. The number of benzene rings is 1. The smallest absolute Gasteiger partial charge is 0.511 e. The Morgan fingerprint density at radius 1 is 0.905 bits per heavy atom. The fourth-order valence-electron chi connectivity index (χ4n) is 9.78. The van der Waals surface area contributed by atoms with Crippen molar-refractivity contribution in [2.45, 2.75) is 111 Å². The van der Waals surface area contributed by atoms with E-state index in [4.69, 9.17) is 9.47 Å². The summed E-state index contributed by atoms with van der Waals surface area (Å²) in [6.45, 7) is 12.2. The van der Waals surface area contributed by atoms with Crippen molar-refractivity contribution in [1.82, 2.24) is 0 Å². The second kappa shape index (κ2) is 13.7. The van der Waals surface area contributed by atoms with Gasteiger partial charge in [0.1, 0.15) is 6.61 Å². The molecule has 0 spiro atoms. The van der Waals surface area contributed by atoms with Crippen LogP contribution in [0.3, 0.4) is 0 Å². The quantitative estimate of drug-likeness (QED) is 0.0589. The molecule has 1 unspecified atom stereocenters. The second-order valence-electron chi connectivity index (χ2n) is 14.6. The summed E-state index contributed by atoms with van der Waals surface area (Å²) in [6, 6.07) is 1.37. The van der Waals surface area contributed by atoms with Crippen molar-refractivity contribution in [3.05, 3.63) is 41.0 Å². The van der Waals surface area contributed by atoms with Gasteiger partial charge >= 0.3 is 22.4 Å². The van der Waals surface area contributed by atoms with Gasteiger partial charge in [-0.1, -0.05) is 65.5 Å². The zero-order valence-electron chi connectivity index (χ0n) is 25.9. The van der Waals surface area contributed by atoms with E-state index in [1.54, 1.807) is 0 Å². The van der Waals surface area contributed by atoms with Gasteiger partial charge in [-0.05, 0) is 97.7 Å². The Morgan fingerprint density at radius 3 is 2.31 bits per heavy atom. The normalized spacial score (nSPS) is 34.6. The molecule has 0 radical (unpaired) electrons. The van der Waals surface area contributed by atoms with E-state index in [2.05, 4.69) is 40.7 Å². The van der Waals surface area contributed by atoms with Crippen LogP contribution >= 0.6 is 0 Å². The van der Waals surface area contributed by atoms with Crippen LogP contribution in [-0.2, 0) is 27.1 Å². The van der Waals surface area contributed by atoms with E-state index in [1.807, 2.05) is 0 Å². The molecule has 8 atom stereocenters. The summed E-state index contributed by atoms with van der Waals surface area (Å²) < 4.78 is 65.5. The standard InChI is InChI=1S/C35H49F4O2.Au/c1-21(2)7-6-8-22(3)26-11-12-27-25-10-9-23-19-24(13-15-34(23,4)28(25)14-16-35(26,27)5)40-17-18-41-33-31(38)29(36)20-30(37)32(33)39;/h9,21-22,24-28H,6-8,10-19H2,1-5H3;/q-1;+1/t22-,24?,25+,26-,27+,28+,34+,35-;/m1./s1. The summed E-state index contributed by atoms with van der Waals surface area (Å²) in [4.78, 5) is 0. The Morgan fingerprint density at radius 2 is 1.62 bits per heavy atom. The first kappa shape index (κ1) is 34.1. The number of allylic oxidation sites excluding steroid dienone is 1. The topological polar surface area (TPSA) is 18.5 Å². The molecule has 0 saturated heterocycles. The van der Waals surface area contributed by atoms with Crippen LogP contribution in [0.25, 0.3) is 0 Å². The molecule has 0 amide bonds. The first-order valence-corrected chi connectivity index (χ1v) is 16.1. The van der Waals surface area contributed by atoms with Gasteiger partial charge in [0, 0.05) is 0 Å². The summed E-state index contributed by atoms with van der Waals surface area (Å²) in [6.07, 6.45) is 16.1.